The van der Waals surface area contributed by atoms with E-state index in [0.29, 0.717) is 16.3 Å². The van der Waals surface area contributed by atoms with E-state index < -0.39 is 5.60 Å². The maximum Gasteiger partial charge on any atom is 0.334 e. The van der Waals surface area contributed by atoms with Crippen molar-refractivity contribution in [1.82, 2.24) is 0 Å². The van der Waals surface area contributed by atoms with E-state index in [1.54, 1.807) is 6.07 Å². The number of rotatable bonds is 3. The Kier molecular flexibility index (Phi) is 4.07. The molecule has 0 spiro atoms. The van der Waals surface area contributed by atoms with E-state index >= 15 is 0 Å². The second-order valence-electron chi connectivity index (χ2n) is 6.65. The van der Waals surface area contributed by atoms with Gasteiger partial charge in [-0.05, 0) is 51.3 Å². The molecule has 0 atom stereocenters. The number of carbonyl (C=O) groups is 1. The SMILES string of the molecule is C=C(C(=O)OC(C)(C)C)C1(c2ccc(Cl)c(N)c2)CCC1. The minimum atomic E-state index is -0.524. The van der Waals surface area contributed by atoms with Crippen molar-refractivity contribution in [2.75, 3.05) is 5.73 Å². The van der Waals surface area contributed by atoms with Gasteiger partial charge in [0.1, 0.15) is 5.60 Å². The minimum absolute atomic E-state index is 0.337. The monoisotopic (exact) mass is 307 g/mol. The summed E-state index contributed by atoms with van der Waals surface area (Å²) in [4.78, 5) is 12.3. The van der Waals surface area contributed by atoms with Gasteiger partial charge in [-0.3, -0.25) is 0 Å². The van der Waals surface area contributed by atoms with Crippen LogP contribution in [0.15, 0.2) is 30.4 Å². The molecule has 1 fully saturated rings. The fraction of sp³-hybridized carbons (Fsp3) is 0.471. The van der Waals surface area contributed by atoms with Crippen LogP contribution >= 0.6 is 11.6 Å². The summed E-state index contributed by atoms with van der Waals surface area (Å²) in [6.45, 7) is 9.57. The van der Waals surface area contributed by atoms with E-state index in [-0.39, 0.29) is 11.4 Å². The van der Waals surface area contributed by atoms with Crippen LogP contribution in [0.4, 0.5) is 5.69 Å². The van der Waals surface area contributed by atoms with Crippen LogP contribution in [0, 0.1) is 0 Å². The van der Waals surface area contributed by atoms with E-state index in [9.17, 15) is 4.79 Å². The standard InChI is InChI=1S/C17H22ClNO2/c1-11(15(20)21-16(2,3)4)17(8-5-9-17)12-6-7-13(18)14(19)10-12/h6-7,10H,1,5,8-9,19H2,2-4H3. The van der Waals surface area contributed by atoms with Gasteiger partial charge in [0.25, 0.3) is 0 Å². The summed E-state index contributed by atoms with van der Waals surface area (Å²) < 4.78 is 5.46. The van der Waals surface area contributed by atoms with Gasteiger partial charge in [-0.15, -0.1) is 0 Å². The normalized spacial score (nSPS) is 17.0. The number of nitrogens with two attached hydrogens (primary N) is 1. The largest absolute Gasteiger partial charge is 0.457 e. The fourth-order valence-electron chi connectivity index (χ4n) is 2.67. The number of anilines is 1. The van der Waals surface area contributed by atoms with E-state index in [0.717, 1.165) is 24.8 Å². The summed E-state index contributed by atoms with van der Waals surface area (Å²) in [5.41, 5.74) is 7.03. The van der Waals surface area contributed by atoms with Gasteiger partial charge in [0.05, 0.1) is 10.7 Å². The number of hydrogen-bond donors (Lipinski definition) is 1. The zero-order valence-electron chi connectivity index (χ0n) is 12.8. The zero-order valence-corrected chi connectivity index (χ0v) is 13.6. The first kappa shape index (κ1) is 15.9. The number of esters is 1. The zero-order chi connectivity index (χ0) is 15.8. The van der Waals surface area contributed by atoms with Crippen LogP contribution in [0.25, 0.3) is 0 Å². The first-order chi connectivity index (χ1) is 9.66. The highest BCUT2D eigenvalue weighted by atomic mass is 35.5. The molecule has 0 radical (unpaired) electrons. The summed E-state index contributed by atoms with van der Waals surface area (Å²) in [6, 6.07) is 5.54. The predicted molar refractivity (Wildman–Crippen MR) is 86.4 cm³/mol. The van der Waals surface area contributed by atoms with Gasteiger partial charge in [-0.2, -0.15) is 0 Å². The van der Waals surface area contributed by atoms with Crippen LogP contribution in [-0.2, 0) is 14.9 Å². The van der Waals surface area contributed by atoms with Crippen LogP contribution in [0.2, 0.25) is 5.02 Å². The van der Waals surface area contributed by atoms with Crippen molar-refractivity contribution in [2.24, 2.45) is 0 Å². The predicted octanol–water partition coefficient (Wildman–Crippen LogP) is 4.24. The second kappa shape index (κ2) is 5.38. The quantitative estimate of drug-likeness (QED) is 0.516. The van der Waals surface area contributed by atoms with Gasteiger partial charge in [0, 0.05) is 11.0 Å². The van der Waals surface area contributed by atoms with Crippen LogP contribution in [0.5, 0.6) is 0 Å². The van der Waals surface area contributed by atoms with Crippen molar-refractivity contribution in [2.45, 2.75) is 51.0 Å². The van der Waals surface area contributed by atoms with E-state index in [4.69, 9.17) is 22.1 Å². The molecule has 0 saturated heterocycles. The Bertz CT molecular complexity index is 583. The van der Waals surface area contributed by atoms with Crippen molar-refractivity contribution in [3.63, 3.8) is 0 Å². The third kappa shape index (κ3) is 3.08. The van der Waals surface area contributed by atoms with Crippen molar-refractivity contribution in [3.8, 4) is 0 Å². The number of benzene rings is 1. The molecule has 1 aliphatic rings. The topological polar surface area (TPSA) is 52.3 Å². The molecule has 0 amide bonds. The first-order valence-corrected chi connectivity index (χ1v) is 7.52. The molecule has 3 nitrogen and oxygen atoms in total. The Labute approximate surface area is 131 Å². The lowest BCUT2D eigenvalue weighted by Crippen LogP contribution is -2.41. The smallest absolute Gasteiger partial charge is 0.334 e. The molecule has 2 rings (SSSR count). The van der Waals surface area contributed by atoms with Gasteiger partial charge in [-0.25, -0.2) is 4.79 Å². The molecule has 4 heteroatoms. The molecule has 21 heavy (non-hydrogen) atoms. The minimum Gasteiger partial charge on any atom is -0.457 e. The second-order valence-corrected chi connectivity index (χ2v) is 7.06. The number of hydrogen-bond acceptors (Lipinski definition) is 3. The van der Waals surface area contributed by atoms with E-state index in [2.05, 4.69) is 6.58 Å². The molecule has 0 heterocycles. The Morgan fingerprint density at radius 2 is 2.00 bits per heavy atom. The molecule has 0 bridgehead atoms. The van der Waals surface area contributed by atoms with Gasteiger partial charge in [0.2, 0.25) is 0 Å². The molecule has 114 valence electrons. The molecule has 2 N–H and O–H groups in total. The van der Waals surface area contributed by atoms with Crippen LogP contribution in [0.3, 0.4) is 0 Å². The van der Waals surface area contributed by atoms with Crippen LogP contribution in [0.1, 0.15) is 45.6 Å². The van der Waals surface area contributed by atoms with Crippen LogP contribution in [-0.4, -0.2) is 11.6 Å². The number of halogens is 1. The molecule has 0 aromatic heterocycles. The summed E-state index contributed by atoms with van der Waals surface area (Å²) in [7, 11) is 0. The molecule has 1 aromatic carbocycles. The lowest BCUT2D eigenvalue weighted by molar-refractivity contribution is -0.151. The average molecular weight is 308 g/mol. The number of carbonyl (C=O) groups excluding carboxylic acids is 1. The molecule has 1 aliphatic carbocycles. The van der Waals surface area contributed by atoms with Gasteiger partial charge < -0.3 is 10.5 Å². The lowest BCUT2D eigenvalue weighted by atomic mass is 9.60. The molecule has 0 aliphatic heterocycles. The van der Waals surface area contributed by atoms with Crippen molar-refractivity contribution >= 4 is 23.3 Å². The van der Waals surface area contributed by atoms with E-state index in [1.807, 2.05) is 32.9 Å². The van der Waals surface area contributed by atoms with Crippen molar-refractivity contribution in [1.29, 1.82) is 0 Å². The van der Waals surface area contributed by atoms with Crippen molar-refractivity contribution in [3.05, 3.63) is 40.9 Å². The maximum atomic E-state index is 12.3. The highest BCUT2D eigenvalue weighted by Crippen LogP contribution is 2.50. The van der Waals surface area contributed by atoms with Crippen molar-refractivity contribution < 1.29 is 9.53 Å². The van der Waals surface area contributed by atoms with Crippen LogP contribution < -0.4 is 5.73 Å². The van der Waals surface area contributed by atoms with E-state index in [1.165, 1.54) is 0 Å². The number of ether oxygens (including phenoxy) is 1. The average Bonchev–Trinajstić information content (AvgIpc) is 2.30. The van der Waals surface area contributed by atoms with Gasteiger partial charge in [-0.1, -0.05) is 30.7 Å². The summed E-state index contributed by atoms with van der Waals surface area (Å²) in [5, 5.41) is 0.524. The Hall–Kier alpha value is -1.48. The third-order valence-electron chi connectivity index (χ3n) is 3.98. The fourth-order valence-corrected chi connectivity index (χ4v) is 2.79. The molecule has 0 unspecified atom stereocenters. The van der Waals surface area contributed by atoms with Gasteiger partial charge >= 0.3 is 5.97 Å². The Balaban J connectivity index is 2.31. The third-order valence-corrected chi connectivity index (χ3v) is 4.32. The maximum absolute atomic E-state index is 12.3. The summed E-state index contributed by atoms with van der Waals surface area (Å²) in [5.74, 6) is -0.337. The molecular weight excluding hydrogens is 286 g/mol. The summed E-state index contributed by atoms with van der Waals surface area (Å²) >= 11 is 5.98. The Morgan fingerprint density at radius 3 is 2.43 bits per heavy atom. The Morgan fingerprint density at radius 1 is 1.38 bits per heavy atom. The lowest BCUT2D eigenvalue weighted by Gasteiger charge is -2.43. The van der Waals surface area contributed by atoms with Gasteiger partial charge in [0.15, 0.2) is 0 Å². The first-order valence-electron chi connectivity index (χ1n) is 7.14. The summed E-state index contributed by atoms with van der Waals surface area (Å²) in [6.07, 6.45) is 2.82. The highest BCUT2D eigenvalue weighted by molar-refractivity contribution is 6.33. The highest BCUT2D eigenvalue weighted by Gasteiger charge is 2.45. The molecule has 1 saturated carbocycles. The molecule has 1 aromatic rings. The number of nitrogen functional groups attached to an aromatic ring is 1. The molecular formula is C17H22ClNO2.